The third-order valence-corrected chi connectivity index (χ3v) is 19.2. The molecule has 0 radical (unpaired) electrons. The van der Waals surface area contributed by atoms with Crippen LogP contribution < -0.4 is 22.8 Å². The van der Waals surface area contributed by atoms with E-state index in [0.717, 1.165) is 45.7 Å². The highest BCUT2D eigenvalue weighted by Gasteiger charge is 2.26. The Labute approximate surface area is 555 Å². The van der Waals surface area contributed by atoms with Gasteiger partial charge in [-0.05, 0) is 212 Å². The molecule has 0 N–H and O–H groups in total. The zero-order valence-electron chi connectivity index (χ0n) is 64.9. The van der Waals surface area contributed by atoms with Crippen LogP contribution in [0.1, 0.15) is 179 Å². The predicted molar refractivity (Wildman–Crippen MR) is 376 cm³/mol. The second kappa shape index (κ2) is 31.0. The van der Waals surface area contributed by atoms with Crippen LogP contribution in [0.4, 0.5) is 0 Å². The van der Waals surface area contributed by atoms with Gasteiger partial charge in [0.05, 0.1) is 0 Å². The largest absolute Gasteiger partial charge is 0.212 e. The maximum absolute atomic E-state index is 7.65. The molecular formula is C85H104N5+5. The van der Waals surface area contributed by atoms with Crippen LogP contribution in [0.2, 0.25) is 0 Å². The minimum Gasteiger partial charge on any atom is -0.201 e. The molecule has 5 aromatic carbocycles. The second-order valence-corrected chi connectivity index (χ2v) is 25.8. The summed E-state index contributed by atoms with van der Waals surface area (Å²) in [7, 11) is 10.1. The molecule has 0 spiro atoms. The number of hydrogen-bond donors (Lipinski definition) is 0. The Hall–Kier alpha value is -8.15. The van der Waals surface area contributed by atoms with E-state index < -0.39 is 20.6 Å². The van der Waals surface area contributed by atoms with Gasteiger partial charge in [0.15, 0.2) is 31.0 Å². The Morgan fingerprint density at radius 1 is 0.278 bits per heavy atom. The van der Waals surface area contributed by atoms with Gasteiger partial charge >= 0.3 is 0 Å². The van der Waals surface area contributed by atoms with E-state index in [1.165, 1.54) is 162 Å². The average molecular weight is 1200 g/mol. The van der Waals surface area contributed by atoms with Crippen molar-refractivity contribution in [1.82, 2.24) is 0 Å². The molecule has 90 heavy (non-hydrogen) atoms. The molecule has 3 saturated carbocycles. The third-order valence-electron chi connectivity index (χ3n) is 19.2. The molecule has 0 saturated heterocycles. The van der Waals surface area contributed by atoms with Gasteiger partial charge in [0.25, 0.3) is 0 Å². The van der Waals surface area contributed by atoms with Gasteiger partial charge in [-0.1, -0.05) is 130 Å². The van der Waals surface area contributed by atoms with E-state index in [0.29, 0.717) is 11.3 Å². The first-order valence-electron chi connectivity index (χ1n) is 37.3. The van der Waals surface area contributed by atoms with Gasteiger partial charge in [-0.25, -0.2) is 22.8 Å². The molecule has 5 nitrogen and oxygen atoms in total. The number of hydrogen-bond acceptors (Lipinski definition) is 0. The molecule has 5 heteroatoms. The summed E-state index contributed by atoms with van der Waals surface area (Å²) in [6.07, 6.45) is 26.5. The topological polar surface area (TPSA) is 19.4 Å². The predicted octanol–water partition coefficient (Wildman–Crippen LogP) is 18.9. The highest BCUT2D eigenvalue weighted by molar-refractivity contribution is 5.65. The van der Waals surface area contributed by atoms with Crippen molar-refractivity contribution in [1.29, 1.82) is 0 Å². The summed E-state index contributed by atoms with van der Waals surface area (Å²) >= 11 is 0. The van der Waals surface area contributed by atoms with E-state index in [2.05, 4.69) is 203 Å². The standard InChI is InChI=1S/C19H24N.2C18H22N.2C15H18N/c1-14-8-4-7-11-17(14)19-12-18(15(2)13-20(19)3)16-9-5-6-10-16;1-14-7-3-6-10-17(14)18-13-16(11-12-19(18)2)15-8-4-5-9-15;1-14-7-3-6-10-17(14)18-12-11-16(13-19(18)2)15-8-4-5-9-15;2*1-11-7-5-6-8-14(11)15-9-12(2)13(3)10-16(15)4/h4,7-8,11-13,16H,5-6,9-10H2,1-3H3;2*3,6-7,10-13,15H,4-5,8-9H2,1-2H3;2*5-10H,1-4H3/q5*+1/i;;;2D3,3D3;3D3. The molecule has 0 unspecified atom stereocenters. The van der Waals surface area contributed by atoms with Gasteiger partial charge < -0.3 is 0 Å². The number of rotatable bonds is 8. The minimum absolute atomic E-state index is 0.121. The van der Waals surface area contributed by atoms with Crippen LogP contribution in [0.5, 0.6) is 0 Å². The monoisotopic (exact) mass is 1200 g/mol. The van der Waals surface area contributed by atoms with E-state index in [1.807, 2.05) is 67.9 Å². The van der Waals surface area contributed by atoms with Gasteiger partial charge in [-0.2, -0.15) is 0 Å². The van der Waals surface area contributed by atoms with E-state index in [-0.39, 0.29) is 11.1 Å². The van der Waals surface area contributed by atoms with Crippen molar-refractivity contribution in [2.45, 2.75) is 164 Å². The molecule has 0 aliphatic heterocycles. The minimum atomic E-state index is -2.48. The molecule has 0 bridgehead atoms. The fourth-order valence-electron chi connectivity index (χ4n) is 13.8. The summed E-state index contributed by atoms with van der Waals surface area (Å²) < 4.78 is 78.7. The Kier molecular flexibility index (Phi) is 18.9. The first kappa shape index (κ1) is 54.8. The summed E-state index contributed by atoms with van der Waals surface area (Å²) in [4.78, 5) is 0. The Morgan fingerprint density at radius 3 is 1.02 bits per heavy atom. The Balaban J connectivity index is 0.000000145. The Bertz CT molecular complexity index is 4410. The summed E-state index contributed by atoms with van der Waals surface area (Å²) in [5, 5.41) is 0. The first-order chi connectivity index (χ1) is 47.0. The molecule has 3 fully saturated rings. The number of aryl methyl sites for hydroxylation is 15. The molecule has 3 aliphatic rings. The van der Waals surface area contributed by atoms with Crippen molar-refractivity contribution in [3.63, 3.8) is 0 Å². The maximum Gasteiger partial charge on any atom is 0.212 e. The van der Waals surface area contributed by atoms with Crippen molar-refractivity contribution in [3.05, 3.63) is 267 Å². The summed E-state index contributed by atoms with van der Waals surface area (Å²) in [6.45, 7) is 7.67. The zero-order valence-corrected chi connectivity index (χ0v) is 55.9. The smallest absolute Gasteiger partial charge is 0.201 e. The van der Waals surface area contributed by atoms with Crippen molar-refractivity contribution in [2.75, 3.05) is 0 Å². The van der Waals surface area contributed by atoms with Crippen molar-refractivity contribution >= 4 is 0 Å². The first-order valence-corrected chi connectivity index (χ1v) is 32.8. The quantitative estimate of drug-likeness (QED) is 0.135. The lowest BCUT2D eigenvalue weighted by molar-refractivity contribution is -0.661. The highest BCUT2D eigenvalue weighted by atomic mass is 14.9. The van der Waals surface area contributed by atoms with Gasteiger partial charge in [-0.3, -0.25) is 0 Å². The number of pyridine rings is 5. The van der Waals surface area contributed by atoms with Gasteiger partial charge in [0, 0.05) is 98.8 Å². The lowest BCUT2D eigenvalue weighted by Gasteiger charge is -2.14. The zero-order chi connectivity index (χ0) is 71.5. The Morgan fingerprint density at radius 2 is 0.611 bits per heavy atom. The van der Waals surface area contributed by atoms with Crippen LogP contribution >= 0.6 is 0 Å². The third kappa shape index (κ3) is 16.4. The van der Waals surface area contributed by atoms with E-state index in [4.69, 9.17) is 12.3 Å². The van der Waals surface area contributed by atoms with Gasteiger partial charge in [0.1, 0.15) is 35.2 Å². The van der Waals surface area contributed by atoms with Gasteiger partial charge in [0.2, 0.25) is 28.5 Å². The number of aromatic nitrogens is 5. The van der Waals surface area contributed by atoms with Crippen LogP contribution in [-0.4, -0.2) is 0 Å². The molecule has 464 valence electrons. The van der Waals surface area contributed by atoms with Crippen LogP contribution in [-0.2, 0) is 35.2 Å². The molecular weight excluding hydrogens is 1090 g/mol. The fourth-order valence-corrected chi connectivity index (χ4v) is 13.8. The second-order valence-electron chi connectivity index (χ2n) is 25.8. The van der Waals surface area contributed by atoms with Crippen LogP contribution in [0.25, 0.3) is 56.3 Å². The molecule has 5 heterocycles. The van der Waals surface area contributed by atoms with E-state index in [1.54, 1.807) is 23.4 Å². The fraction of sp³-hybridized carbons (Fsp3) is 0.353. The number of benzene rings is 5. The van der Waals surface area contributed by atoms with Crippen molar-refractivity contribution in [2.24, 2.45) is 35.2 Å². The lowest BCUT2D eigenvalue weighted by atomic mass is 9.92. The van der Waals surface area contributed by atoms with Crippen LogP contribution in [0, 0.1) is 69.0 Å². The SMILES string of the molecule is Cc1ccccc1-c1cc(C2CCCC2)c(C)c[n+]1C.Cc1ccccc1-c1cc(C2CCCC2)cc[n+]1C.Cc1ccccc1-c1ccc(C2CCCC2)c[n+]1C.[2H]C([2H])([2H])c1c[n+](C)c(-c2ccccc2C)cc1C.[2H]C([2H])([2H])c1cc(-c2ccccc2C)[n+](C)cc1C([2H])([2H])[2H]. The van der Waals surface area contributed by atoms with Crippen LogP contribution in [0.3, 0.4) is 0 Å². The maximum atomic E-state index is 7.65. The summed E-state index contributed by atoms with van der Waals surface area (Å²) in [5.41, 5.74) is 25.0. The van der Waals surface area contributed by atoms with Crippen molar-refractivity contribution in [3.8, 4) is 56.3 Å². The molecule has 5 aromatic heterocycles. The highest BCUT2D eigenvalue weighted by Crippen LogP contribution is 2.38. The molecule has 13 rings (SSSR count). The normalized spacial score (nSPS) is 15.8. The van der Waals surface area contributed by atoms with Gasteiger partial charge in [-0.15, -0.1) is 0 Å². The van der Waals surface area contributed by atoms with Crippen molar-refractivity contribution < 1.29 is 35.2 Å². The van der Waals surface area contributed by atoms with E-state index in [9.17, 15) is 0 Å². The number of nitrogens with zero attached hydrogens (tertiary/aromatic N) is 5. The van der Waals surface area contributed by atoms with Crippen LogP contribution in [0.15, 0.2) is 195 Å². The molecule has 0 atom stereocenters. The average Bonchev–Trinajstić information content (AvgIpc) is 1.39. The molecule has 10 aromatic rings. The van der Waals surface area contributed by atoms with E-state index >= 15 is 0 Å². The lowest BCUT2D eigenvalue weighted by Crippen LogP contribution is -2.32. The summed E-state index contributed by atoms with van der Waals surface area (Å²) in [6, 6.07) is 56.8. The molecule has 0 amide bonds. The summed E-state index contributed by atoms with van der Waals surface area (Å²) in [5.74, 6) is 2.35. The molecule has 3 aliphatic carbocycles.